The van der Waals surface area contributed by atoms with Crippen LogP contribution in [-0.2, 0) is 4.74 Å². The quantitative estimate of drug-likeness (QED) is 0.679. The van der Waals surface area contributed by atoms with Crippen molar-refractivity contribution in [3.8, 4) is 0 Å². The molecule has 0 unspecified atom stereocenters. The average molecular weight is 329 g/mol. The number of rotatable bonds is 2. The van der Waals surface area contributed by atoms with Crippen molar-refractivity contribution in [2.45, 2.75) is 13.8 Å². The fraction of sp³-hybridized carbons (Fsp3) is 0.250. The van der Waals surface area contributed by atoms with Crippen LogP contribution in [0.3, 0.4) is 0 Å². The van der Waals surface area contributed by atoms with E-state index >= 15 is 0 Å². The first-order chi connectivity index (χ1) is 7.63. The molecule has 0 bridgehead atoms. The molecule has 1 aromatic heterocycles. The van der Waals surface area contributed by atoms with Gasteiger partial charge in [0.05, 0.1) is 12.2 Å². The summed E-state index contributed by atoms with van der Waals surface area (Å²) in [6.45, 7) is 4.10. The van der Waals surface area contributed by atoms with E-state index in [1.54, 1.807) is 0 Å². The van der Waals surface area contributed by atoms with E-state index in [1.165, 1.54) is 0 Å². The van der Waals surface area contributed by atoms with Crippen molar-refractivity contribution in [3.05, 3.63) is 33.0 Å². The predicted molar refractivity (Wildman–Crippen MR) is 71.7 cm³/mol. The Morgan fingerprint density at radius 3 is 2.94 bits per heavy atom. The van der Waals surface area contributed by atoms with Gasteiger partial charge in [0.2, 0.25) is 0 Å². The molecule has 0 saturated heterocycles. The van der Waals surface area contributed by atoms with Crippen molar-refractivity contribution in [2.75, 3.05) is 6.61 Å². The van der Waals surface area contributed by atoms with E-state index in [4.69, 9.17) is 4.74 Å². The summed E-state index contributed by atoms with van der Waals surface area (Å²) in [7, 11) is 0. The number of H-pyrrole nitrogens is 1. The second kappa shape index (κ2) is 4.45. The Kier molecular flexibility index (Phi) is 3.18. The molecule has 2 aromatic rings. The van der Waals surface area contributed by atoms with E-state index in [-0.39, 0.29) is 5.97 Å². The Morgan fingerprint density at radius 1 is 1.50 bits per heavy atom. The zero-order chi connectivity index (χ0) is 11.7. The zero-order valence-corrected chi connectivity index (χ0v) is 11.3. The van der Waals surface area contributed by atoms with Gasteiger partial charge in [-0.15, -0.1) is 0 Å². The lowest BCUT2D eigenvalue weighted by Gasteiger charge is -2.01. The first-order valence-corrected chi connectivity index (χ1v) is 6.16. The molecule has 0 amide bonds. The minimum Gasteiger partial charge on any atom is -0.462 e. The highest BCUT2D eigenvalue weighted by Gasteiger charge is 2.16. The fourth-order valence-electron chi connectivity index (χ4n) is 1.77. The minimum atomic E-state index is -0.256. The summed E-state index contributed by atoms with van der Waals surface area (Å²) in [6.07, 6.45) is 0. The molecule has 0 atom stereocenters. The van der Waals surface area contributed by atoms with E-state index in [1.807, 2.05) is 32.0 Å². The zero-order valence-electron chi connectivity index (χ0n) is 9.13. The lowest BCUT2D eigenvalue weighted by molar-refractivity contribution is 0.0528. The number of nitrogens with one attached hydrogen (secondary N) is 1. The second-order valence-corrected chi connectivity index (χ2v) is 4.78. The number of hydrogen-bond acceptors (Lipinski definition) is 2. The smallest absolute Gasteiger partial charge is 0.340 e. The molecule has 84 valence electrons. The van der Waals surface area contributed by atoms with Gasteiger partial charge in [-0.2, -0.15) is 0 Å². The van der Waals surface area contributed by atoms with Crippen molar-refractivity contribution in [2.24, 2.45) is 0 Å². The van der Waals surface area contributed by atoms with E-state index in [0.717, 1.165) is 20.2 Å². The molecular weight excluding hydrogens is 317 g/mol. The Morgan fingerprint density at radius 2 is 2.25 bits per heavy atom. The number of ether oxygens (including phenoxy) is 1. The number of aromatic amines is 1. The van der Waals surface area contributed by atoms with E-state index in [9.17, 15) is 4.79 Å². The van der Waals surface area contributed by atoms with Gasteiger partial charge in [-0.3, -0.25) is 0 Å². The third kappa shape index (κ3) is 1.93. The summed E-state index contributed by atoms with van der Waals surface area (Å²) in [5.74, 6) is -0.256. The first-order valence-electron chi connectivity index (χ1n) is 5.08. The van der Waals surface area contributed by atoms with Crippen molar-refractivity contribution >= 4 is 39.5 Å². The van der Waals surface area contributed by atoms with Crippen LogP contribution in [0, 0.1) is 10.5 Å². The van der Waals surface area contributed by atoms with Crippen LogP contribution in [0.5, 0.6) is 0 Å². The molecule has 0 spiro atoms. The van der Waals surface area contributed by atoms with Crippen LogP contribution in [0.1, 0.15) is 23.0 Å². The number of carbonyl (C=O) groups excluding carboxylic acids is 1. The normalized spacial score (nSPS) is 10.7. The lowest BCUT2D eigenvalue weighted by atomic mass is 10.1. The third-order valence-corrected chi connectivity index (χ3v) is 3.10. The standard InChI is InChI=1S/C12H12INO2/c1-3-16-12(15)11-7(2)14-10-5-4-8(13)6-9(10)11/h4-6,14H,3H2,1-2H3. The fourth-order valence-corrected chi connectivity index (χ4v) is 2.26. The maximum absolute atomic E-state index is 11.8. The van der Waals surface area contributed by atoms with Gasteiger partial charge >= 0.3 is 5.97 Å². The molecule has 0 aliphatic rings. The topological polar surface area (TPSA) is 42.1 Å². The van der Waals surface area contributed by atoms with Gasteiger partial charge in [0.25, 0.3) is 0 Å². The van der Waals surface area contributed by atoms with E-state index in [0.29, 0.717) is 12.2 Å². The minimum absolute atomic E-state index is 0.256. The van der Waals surface area contributed by atoms with Crippen LogP contribution >= 0.6 is 22.6 Å². The Labute approximate surface area is 107 Å². The Hall–Kier alpha value is -1.04. The molecule has 1 aromatic carbocycles. The molecule has 1 N–H and O–H groups in total. The number of hydrogen-bond donors (Lipinski definition) is 1. The summed E-state index contributed by atoms with van der Waals surface area (Å²) < 4.78 is 6.16. The summed E-state index contributed by atoms with van der Waals surface area (Å²) in [4.78, 5) is 15.0. The molecule has 16 heavy (non-hydrogen) atoms. The Bertz CT molecular complexity index is 545. The summed E-state index contributed by atoms with van der Waals surface area (Å²) in [5, 5.41) is 0.933. The molecule has 4 heteroatoms. The van der Waals surface area contributed by atoms with Crippen LogP contribution in [-0.4, -0.2) is 17.6 Å². The maximum Gasteiger partial charge on any atom is 0.340 e. The van der Waals surface area contributed by atoms with Crippen molar-refractivity contribution < 1.29 is 9.53 Å². The molecule has 0 saturated carbocycles. The summed E-state index contributed by atoms with van der Waals surface area (Å²) >= 11 is 2.23. The number of aromatic nitrogens is 1. The predicted octanol–water partition coefficient (Wildman–Crippen LogP) is 3.26. The van der Waals surface area contributed by atoms with Gasteiger partial charge in [0, 0.05) is 20.2 Å². The van der Waals surface area contributed by atoms with E-state index in [2.05, 4.69) is 27.6 Å². The van der Waals surface area contributed by atoms with Gasteiger partial charge in [-0.05, 0) is 54.6 Å². The van der Waals surface area contributed by atoms with Crippen LogP contribution < -0.4 is 0 Å². The number of fused-ring (bicyclic) bond motifs is 1. The van der Waals surface area contributed by atoms with Gasteiger partial charge in [0.1, 0.15) is 0 Å². The maximum atomic E-state index is 11.8. The van der Waals surface area contributed by atoms with Gasteiger partial charge in [-0.1, -0.05) is 0 Å². The number of benzene rings is 1. The van der Waals surface area contributed by atoms with Crippen LogP contribution in [0.4, 0.5) is 0 Å². The molecule has 0 aliphatic heterocycles. The largest absolute Gasteiger partial charge is 0.462 e. The molecule has 0 fully saturated rings. The first kappa shape index (κ1) is 11.4. The van der Waals surface area contributed by atoms with E-state index < -0.39 is 0 Å². The summed E-state index contributed by atoms with van der Waals surface area (Å²) in [5.41, 5.74) is 2.48. The molecular formula is C12H12INO2. The molecule has 3 nitrogen and oxygen atoms in total. The monoisotopic (exact) mass is 329 g/mol. The van der Waals surface area contributed by atoms with Gasteiger partial charge in [-0.25, -0.2) is 4.79 Å². The highest BCUT2D eigenvalue weighted by atomic mass is 127. The van der Waals surface area contributed by atoms with Crippen LogP contribution in [0.15, 0.2) is 18.2 Å². The molecule has 2 rings (SSSR count). The highest BCUT2D eigenvalue weighted by molar-refractivity contribution is 14.1. The van der Waals surface area contributed by atoms with Gasteiger partial charge in [0.15, 0.2) is 0 Å². The highest BCUT2D eigenvalue weighted by Crippen LogP contribution is 2.24. The van der Waals surface area contributed by atoms with Crippen LogP contribution in [0.25, 0.3) is 10.9 Å². The second-order valence-electron chi connectivity index (χ2n) is 3.54. The molecule has 1 heterocycles. The van der Waals surface area contributed by atoms with Crippen molar-refractivity contribution in [1.82, 2.24) is 4.98 Å². The van der Waals surface area contributed by atoms with Crippen LogP contribution in [0.2, 0.25) is 0 Å². The number of aryl methyl sites for hydroxylation is 1. The molecule has 0 radical (unpaired) electrons. The SMILES string of the molecule is CCOC(=O)c1c(C)[nH]c2ccc(I)cc12. The summed E-state index contributed by atoms with van der Waals surface area (Å²) in [6, 6.07) is 5.98. The Balaban J connectivity index is 2.62. The number of esters is 1. The third-order valence-electron chi connectivity index (χ3n) is 2.43. The number of carbonyl (C=O) groups is 1. The van der Waals surface area contributed by atoms with Crippen molar-refractivity contribution in [3.63, 3.8) is 0 Å². The van der Waals surface area contributed by atoms with Gasteiger partial charge < -0.3 is 9.72 Å². The van der Waals surface area contributed by atoms with Crippen molar-refractivity contribution in [1.29, 1.82) is 0 Å². The molecule has 0 aliphatic carbocycles. The average Bonchev–Trinajstić information content (AvgIpc) is 2.53. The number of halogens is 1. The lowest BCUT2D eigenvalue weighted by Crippen LogP contribution is -2.05.